The number of carbonyl (C=O) groups excluding carboxylic acids is 3. The van der Waals surface area contributed by atoms with Crippen molar-refractivity contribution in [3.63, 3.8) is 0 Å². The number of rotatable bonds is 7. The van der Waals surface area contributed by atoms with Gasteiger partial charge in [0.15, 0.2) is 10.9 Å². The van der Waals surface area contributed by atoms with Crippen molar-refractivity contribution < 1.29 is 23.2 Å². The summed E-state index contributed by atoms with van der Waals surface area (Å²) in [6.07, 6.45) is 0. The van der Waals surface area contributed by atoms with Gasteiger partial charge in [-0.1, -0.05) is 61.6 Å². The Labute approximate surface area is 187 Å². The zero-order valence-corrected chi connectivity index (χ0v) is 18.4. The number of nitrogens with zero attached hydrogens (tertiary/aromatic N) is 1. The van der Waals surface area contributed by atoms with Gasteiger partial charge in [-0.05, 0) is 18.1 Å². The molecule has 1 unspecified atom stereocenters. The summed E-state index contributed by atoms with van der Waals surface area (Å²) in [6, 6.07) is 11.0. The molecule has 9 heteroatoms. The minimum Gasteiger partial charge on any atom is -0.340 e. The van der Waals surface area contributed by atoms with Crippen LogP contribution in [0.1, 0.15) is 40.8 Å². The van der Waals surface area contributed by atoms with Crippen LogP contribution < -0.4 is 10.6 Å². The van der Waals surface area contributed by atoms with E-state index >= 15 is 0 Å². The zero-order valence-electron chi connectivity index (χ0n) is 17.6. The topological polar surface area (TPSA) is 88.2 Å². The number of carbonyl (C=O) groups is 3. The fourth-order valence-electron chi connectivity index (χ4n) is 3.05. The van der Waals surface area contributed by atoms with E-state index in [-0.39, 0.29) is 10.9 Å². The normalized spacial score (nSPS) is 11.8. The van der Waals surface area contributed by atoms with Crippen LogP contribution in [0.2, 0.25) is 0 Å². The largest absolute Gasteiger partial charge is 0.340 e. The molecule has 0 spiro atoms. The number of anilines is 1. The first-order chi connectivity index (χ1) is 15.2. The Bertz CT molecular complexity index is 1140. The van der Waals surface area contributed by atoms with Gasteiger partial charge in [0.1, 0.15) is 23.2 Å². The van der Waals surface area contributed by atoms with E-state index in [1.165, 1.54) is 6.92 Å². The Balaban J connectivity index is 1.84. The van der Waals surface area contributed by atoms with Crippen LogP contribution in [0.15, 0.2) is 48.5 Å². The Morgan fingerprint density at radius 3 is 2.16 bits per heavy atom. The highest BCUT2D eigenvalue weighted by molar-refractivity contribution is 7.18. The molecule has 0 aliphatic rings. The third-order valence-corrected chi connectivity index (χ3v) is 5.72. The molecule has 1 atom stereocenters. The molecule has 32 heavy (non-hydrogen) atoms. The van der Waals surface area contributed by atoms with Crippen molar-refractivity contribution in [2.75, 3.05) is 5.32 Å². The molecule has 0 radical (unpaired) electrons. The van der Waals surface area contributed by atoms with Gasteiger partial charge in [0.2, 0.25) is 5.91 Å². The molecule has 0 aliphatic carbocycles. The second-order valence-electron chi connectivity index (χ2n) is 7.40. The van der Waals surface area contributed by atoms with Crippen molar-refractivity contribution in [3.8, 4) is 11.3 Å². The van der Waals surface area contributed by atoms with E-state index in [1.54, 1.807) is 26.0 Å². The van der Waals surface area contributed by atoms with Gasteiger partial charge in [-0.2, -0.15) is 0 Å². The lowest BCUT2D eigenvalue weighted by Crippen LogP contribution is -2.47. The lowest BCUT2D eigenvalue weighted by atomic mass is 10.0. The van der Waals surface area contributed by atoms with Crippen molar-refractivity contribution in [1.29, 1.82) is 0 Å². The quantitative estimate of drug-likeness (QED) is 0.504. The van der Waals surface area contributed by atoms with Crippen LogP contribution in [0.3, 0.4) is 0 Å². The third-order valence-electron chi connectivity index (χ3n) is 4.65. The van der Waals surface area contributed by atoms with E-state index in [1.807, 2.05) is 18.2 Å². The van der Waals surface area contributed by atoms with Crippen LogP contribution in [-0.4, -0.2) is 28.6 Å². The van der Waals surface area contributed by atoms with Gasteiger partial charge in [-0.25, -0.2) is 13.8 Å². The number of nitrogens with one attached hydrogen (secondary N) is 2. The maximum atomic E-state index is 13.9. The molecular weight excluding hydrogens is 436 g/mol. The number of ketones is 1. The molecular formula is C23H21F2N3O3S. The van der Waals surface area contributed by atoms with Crippen LogP contribution in [0.25, 0.3) is 11.3 Å². The second kappa shape index (κ2) is 9.78. The van der Waals surface area contributed by atoms with Crippen LogP contribution >= 0.6 is 11.3 Å². The summed E-state index contributed by atoms with van der Waals surface area (Å²) in [6.45, 7) is 4.77. The van der Waals surface area contributed by atoms with Gasteiger partial charge in [-0.15, -0.1) is 0 Å². The van der Waals surface area contributed by atoms with Crippen LogP contribution in [0.4, 0.5) is 13.9 Å². The summed E-state index contributed by atoms with van der Waals surface area (Å²) in [5.74, 6) is -4.30. The van der Waals surface area contributed by atoms with E-state index in [0.717, 1.165) is 35.1 Å². The van der Waals surface area contributed by atoms with E-state index in [4.69, 9.17) is 0 Å². The van der Waals surface area contributed by atoms with E-state index in [2.05, 4.69) is 15.6 Å². The number of benzene rings is 2. The predicted octanol–water partition coefficient (Wildman–Crippen LogP) is 4.68. The monoisotopic (exact) mass is 457 g/mol. The van der Waals surface area contributed by atoms with E-state index in [9.17, 15) is 23.2 Å². The highest BCUT2D eigenvalue weighted by Crippen LogP contribution is 2.31. The van der Waals surface area contributed by atoms with Gasteiger partial charge in [0.05, 0.1) is 10.6 Å². The molecule has 3 rings (SSSR count). The first kappa shape index (κ1) is 23.2. The number of thiazole rings is 1. The second-order valence-corrected chi connectivity index (χ2v) is 8.40. The predicted molar refractivity (Wildman–Crippen MR) is 119 cm³/mol. The van der Waals surface area contributed by atoms with Gasteiger partial charge >= 0.3 is 0 Å². The molecule has 0 fully saturated rings. The molecule has 3 aromatic rings. The minimum atomic E-state index is -1.09. The van der Waals surface area contributed by atoms with Crippen LogP contribution in [-0.2, 0) is 4.79 Å². The molecule has 2 N–H and O–H groups in total. The molecule has 0 bridgehead atoms. The molecule has 0 saturated heterocycles. The van der Waals surface area contributed by atoms with Gasteiger partial charge in [0.25, 0.3) is 5.91 Å². The van der Waals surface area contributed by atoms with E-state index in [0.29, 0.717) is 10.6 Å². The van der Waals surface area contributed by atoms with Crippen molar-refractivity contribution in [2.24, 2.45) is 5.92 Å². The Hall–Kier alpha value is -3.46. The summed E-state index contributed by atoms with van der Waals surface area (Å²) in [7, 11) is 0. The molecule has 6 nitrogen and oxygen atoms in total. The average molecular weight is 458 g/mol. The molecule has 2 amide bonds. The lowest BCUT2D eigenvalue weighted by Gasteiger charge is -2.21. The van der Waals surface area contributed by atoms with Crippen molar-refractivity contribution in [2.45, 2.75) is 26.8 Å². The third kappa shape index (κ3) is 5.05. The zero-order chi connectivity index (χ0) is 23.4. The fourth-order valence-corrected chi connectivity index (χ4v) is 3.94. The van der Waals surface area contributed by atoms with Crippen LogP contribution in [0, 0.1) is 17.6 Å². The Kier molecular flexibility index (Phi) is 7.09. The summed E-state index contributed by atoms with van der Waals surface area (Å²) in [5, 5.41) is 5.17. The van der Waals surface area contributed by atoms with E-state index < -0.39 is 41.0 Å². The minimum absolute atomic E-state index is 0.177. The number of amides is 2. The summed E-state index contributed by atoms with van der Waals surface area (Å²) >= 11 is 1.01. The number of Topliss-reactive ketones (excluding diaryl/α,β-unsaturated/α-hetero) is 1. The van der Waals surface area contributed by atoms with Crippen molar-refractivity contribution in [3.05, 3.63) is 70.6 Å². The maximum absolute atomic E-state index is 13.9. The Morgan fingerprint density at radius 2 is 1.59 bits per heavy atom. The number of aromatic nitrogens is 1. The molecule has 0 saturated carbocycles. The smallest absolute Gasteiger partial charge is 0.257 e. The summed E-state index contributed by atoms with van der Waals surface area (Å²) < 4.78 is 27.9. The highest BCUT2D eigenvalue weighted by Gasteiger charge is 2.28. The van der Waals surface area contributed by atoms with Gasteiger partial charge in [-0.3, -0.25) is 14.4 Å². The first-order valence-electron chi connectivity index (χ1n) is 9.82. The SMILES string of the molecule is CC(=O)c1sc(NC(=O)C(NC(=O)c2c(F)cccc2F)C(C)C)nc1-c1ccccc1. The highest BCUT2D eigenvalue weighted by atomic mass is 32.1. The molecule has 2 aromatic carbocycles. The number of hydrogen-bond acceptors (Lipinski definition) is 5. The molecule has 1 heterocycles. The summed E-state index contributed by atoms with van der Waals surface area (Å²) in [4.78, 5) is 42.2. The fraction of sp³-hybridized carbons (Fsp3) is 0.217. The number of hydrogen-bond donors (Lipinski definition) is 2. The van der Waals surface area contributed by atoms with Gasteiger partial charge in [0, 0.05) is 12.5 Å². The molecule has 166 valence electrons. The summed E-state index contributed by atoms with van der Waals surface area (Å²) in [5.41, 5.74) is 0.403. The Morgan fingerprint density at radius 1 is 0.969 bits per heavy atom. The van der Waals surface area contributed by atoms with Crippen molar-refractivity contribution >= 4 is 34.1 Å². The van der Waals surface area contributed by atoms with Gasteiger partial charge < -0.3 is 10.6 Å². The first-order valence-corrected chi connectivity index (χ1v) is 10.6. The number of halogens is 2. The molecule has 0 aliphatic heterocycles. The average Bonchev–Trinajstić information content (AvgIpc) is 3.16. The lowest BCUT2D eigenvalue weighted by molar-refractivity contribution is -0.118. The van der Waals surface area contributed by atoms with Crippen molar-refractivity contribution in [1.82, 2.24) is 10.3 Å². The maximum Gasteiger partial charge on any atom is 0.257 e. The van der Waals surface area contributed by atoms with Crippen LogP contribution in [0.5, 0.6) is 0 Å². The standard InChI is InChI=1S/C23H21F2N3O3S/c1-12(2)18(26-21(30)17-15(24)10-7-11-16(17)25)22(31)28-23-27-19(20(32-23)13(3)29)14-8-5-4-6-9-14/h4-12,18H,1-3H3,(H,26,30)(H,27,28,31). The molecule has 1 aromatic heterocycles.